The van der Waals surface area contributed by atoms with Crippen molar-refractivity contribution in [1.29, 1.82) is 0 Å². The first-order valence-electron chi connectivity index (χ1n) is 7.09. The largest absolute Gasteiger partial charge is 0.384 e. The Balaban J connectivity index is 1.78. The second kappa shape index (κ2) is 7.21. The minimum absolute atomic E-state index is 0.157. The Kier molecular flexibility index (Phi) is 5.55. The smallest absolute Gasteiger partial charge is 0.315 e. The van der Waals surface area contributed by atoms with E-state index < -0.39 is 5.60 Å². The van der Waals surface area contributed by atoms with Crippen LogP contribution in [0.5, 0.6) is 0 Å². The third kappa shape index (κ3) is 4.53. The average molecular weight is 339 g/mol. The Hall–Kier alpha value is -1.44. The van der Waals surface area contributed by atoms with Gasteiger partial charge in [-0.25, -0.2) is 9.78 Å². The number of thiazole rings is 1. The van der Waals surface area contributed by atoms with Crippen molar-refractivity contribution in [1.82, 2.24) is 15.6 Å². The van der Waals surface area contributed by atoms with Crippen molar-refractivity contribution < 1.29 is 9.90 Å². The number of hydrogen-bond donors (Lipinski definition) is 3. The van der Waals surface area contributed by atoms with E-state index in [0.29, 0.717) is 12.5 Å². The van der Waals surface area contributed by atoms with Crippen LogP contribution in [0.25, 0.3) is 0 Å². The highest BCUT2D eigenvalue weighted by atomic mass is 32.1. The SMILES string of the molecule is CC(C)c1nc(CNC(=O)NCC(C)(O)c2ccsc2)cs1. The summed E-state index contributed by atoms with van der Waals surface area (Å²) < 4.78 is 0. The second-order valence-electron chi connectivity index (χ2n) is 5.65. The third-order valence-corrected chi connectivity index (χ3v) is 5.11. The molecule has 0 spiro atoms. The van der Waals surface area contributed by atoms with E-state index in [1.165, 1.54) is 11.3 Å². The van der Waals surface area contributed by atoms with Crippen LogP contribution in [0.1, 0.15) is 43.0 Å². The lowest BCUT2D eigenvalue weighted by Gasteiger charge is -2.22. The number of nitrogens with one attached hydrogen (secondary N) is 2. The van der Waals surface area contributed by atoms with Crippen molar-refractivity contribution in [3.8, 4) is 0 Å². The topological polar surface area (TPSA) is 74.2 Å². The van der Waals surface area contributed by atoms with Crippen LogP contribution < -0.4 is 10.6 Å². The number of rotatable bonds is 6. The van der Waals surface area contributed by atoms with Crippen molar-refractivity contribution >= 4 is 28.7 Å². The summed E-state index contributed by atoms with van der Waals surface area (Å²) in [7, 11) is 0. The first-order chi connectivity index (χ1) is 10.4. The zero-order chi connectivity index (χ0) is 16.2. The Bertz CT molecular complexity index is 606. The number of carbonyl (C=O) groups excluding carboxylic acids is 1. The van der Waals surface area contributed by atoms with Crippen LogP contribution in [-0.4, -0.2) is 22.7 Å². The van der Waals surface area contributed by atoms with Crippen LogP contribution in [0.4, 0.5) is 4.79 Å². The molecule has 0 aliphatic rings. The summed E-state index contributed by atoms with van der Waals surface area (Å²) in [5.41, 5.74) is 0.593. The summed E-state index contributed by atoms with van der Waals surface area (Å²) in [6, 6.07) is 1.54. The highest BCUT2D eigenvalue weighted by Crippen LogP contribution is 2.22. The molecular formula is C15H21N3O2S2. The van der Waals surface area contributed by atoms with Gasteiger partial charge in [0, 0.05) is 11.3 Å². The van der Waals surface area contributed by atoms with Crippen molar-refractivity contribution in [3.63, 3.8) is 0 Å². The van der Waals surface area contributed by atoms with Gasteiger partial charge in [0.25, 0.3) is 0 Å². The summed E-state index contributed by atoms with van der Waals surface area (Å²) in [4.78, 5) is 16.3. The van der Waals surface area contributed by atoms with Gasteiger partial charge in [0.15, 0.2) is 0 Å². The predicted octanol–water partition coefficient (Wildman–Crippen LogP) is 3.03. The van der Waals surface area contributed by atoms with E-state index in [9.17, 15) is 9.90 Å². The molecule has 0 aliphatic carbocycles. The molecular weight excluding hydrogens is 318 g/mol. The molecule has 22 heavy (non-hydrogen) atoms. The van der Waals surface area contributed by atoms with Gasteiger partial charge in [0.2, 0.25) is 0 Å². The maximum Gasteiger partial charge on any atom is 0.315 e. The van der Waals surface area contributed by atoms with Gasteiger partial charge >= 0.3 is 6.03 Å². The van der Waals surface area contributed by atoms with E-state index >= 15 is 0 Å². The van der Waals surface area contributed by atoms with E-state index in [-0.39, 0.29) is 12.6 Å². The number of aliphatic hydroxyl groups is 1. The summed E-state index contributed by atoms with van der Waals surface area (Å²) in [6.07, 6.45) is 0. The fourth-order valence-electron chi connectivity index (χ4n) is 1.83. The lowest BCUT2D eigenvalue weighted by atomic mass is 9.99. The number of nitrogens with zero attached hydrogens (tertiary/aromatic N) is 1. The zero-order valence-electron chi connectivity index (χ0n) is 12.9. The minimum Gasteiger partial charge on any atom is -0.384 e. The van der Waals surface area contributed by atoms with Gasteiger partial charge in [0.1, 0.15) is 5.60 Å². The van der Waals surface area contributed by atoms with Crippen LogP contribution >= 0.6 is 22.7 Å². The monoisotopic (exact) mass is 339 g/mol. The Morgan fingerprint density at radius 3 is 2.77 bits per heavy atom. The van der Waals surface area contributed by atoms with Gasteiger partial charge in [-0.05, 0) is 29.3 Å². The number of carbonyl (C=O) groups is 1. The molecule has 0 bridgehead atoms. The molecule has 0 saturated heterocycles. The quantitative estimate of drug-likeness (QED) is 0.757. The Labute approximate surface area is 138 Å². The molecule has 2 rings (SSSR count). The molecule has 2 amide bonds. The molecule has 0 radical (unpaired) electrons. The molecule has 1 atom stereocenters. The van der Waals surface area contributed by atoms with Gasteiger partial charge in [0.05, 0.1) is 23.8 Å². The lowest BCUT2D eigenvalue weighted by Crippen LogP contribution is -2.43. The van der Waals surface area contributed by atoms with E-state index in [4.69, 9.17) is 0 Å². The normalized spacial score (nSPS) is 13.9. The van der Waals surface area contributed by atoms with Crippen molar-refractivity contribution in [2.24, 2.45) is 0 Å². The van der Waals surface area contributed by atoms with E-state index in [0.717, 1.165) is 16.3 Å². The molecule has 120 valence electrons. The maximum absolute atomic E-state index is 11.8. The number of urea groups is 1. The van der Waals surface area contributed by atoms with Gasteiger partial charge in [-0.2, -0.15) is 11.3 Å². The molecule has 3 N–H and O–H groups in total. The molecule has 0 fully saturated rings. The van der Waals surface area contributed by atoms with Crippen LogP contribution in [-0.2, 0) is 12.1 Å². The van der Waals surface area contributed by atoms with Gasteiger partial charge in [-0.1, -0.05) is 13.8 Å². The Morgan fingerprint density at radius 1 is 1.41 bits per heavy atom. The number of amides is 2. The van der Waals surface area contributed by atoms with Crippen LogP contribution in [0.15, 0.2) is 22.2 Å². The van der Waals surface area contributed by atoms with Crippen molar-refractivity contribution in [3.05, 3.63) is 38.5 Å². The lowest BCUT2D eigenvalue weighted by molar-refractivity contribution is 0.0598. The maximum atomic E-state index is 11.8. The summed E-state index contributed by atoms with van der Waals surface area (Å²) >= 11 is 3.12. The highest BCUT2D eigenvalue weighted by molar-refractivity contribution is 7.09. The average Bonchev–Trinajstić information content (AvgIpc) is 3.13. The molecule has 0 aliphatic heterocycles. The van der Waals surface area contributed by atoms with E-state index in [2.05, 4.69) is 29.5 Å². The fraction of sp³-hybridized carbons (Fsp3) is 0.467. The highest BCUT2D eigenvalue weighted by Gasteiger charge is 2.24. The van der Waals surface area contributed by atoms with Crippen LogP contribution in [0, 0.1) is 0 Å². The van der Waals surface area contributed by atoms with Gasteiger partial charge in [-0.15, -0.1) is 11.3 Å². The third-order valence-electron chi connectivity index (χ3n) is 3.23. The molecule has 1 unspecified atom stereocenters. The first kappa shape index (κ1) is 16.9. The number of thiophene rings is 1. The minimum atomic E-state index is -1.07. The van der Waals surface area contributed by atoms with Crippen molar-refractivity contribution in [2.45, 2.75) is 38.8 Å². The molecule has 7 heteroatoms. The molecule has 0 saturated carbocycles. The second-order valence-corrected chi connectivity index (χ2v) is 7.32. The number of hydrogen-bond acceptors (Lipinski definition) is 5. The molecule has 2 aromatic heterocycles. The fourth-order valence-corrected chi connectivity index (χ4v) is 3.45. The van der Waals surface area contributed by atoms with E-state index in [1.54, 1.807) is 18.3 Å². The zero-order valence-corrected chi connectivity index (χ0v) is 14.6. The van der Waals surface area contributed by atoms with E-state index in [1.807, 2.05) is 22.2 Å². The van der Waals surface area contributed by atoms with Gasteiger partial charge < -0.3 is 15.7 Å². The predicted molar refractivity (Wildman–Crippen MR) is 90.3 cm³/mol. The summed E-state index contributed by atoms with van der Waals surface area (Å²) in [5, 5.41) is 22.6. The molecule has 2 heterocycles. The standard InChI is InChI=1S/C15H21N3O2S2/c1-10(2)13-18-12(8-22-13)6-16-14(19)17-9-15(3,20)11-4-5-21-7-11/h4-5,7-8,10,20H,6,9H2,1-3H3,(H2,16,17,19). The molecule has 5 nitrogen and oxygen atoms in total. The van der Waals surface area contributed by atoms with Crippen molar-refractivity contribution in [2.75, 3.05) is 6.54 Å². The molecule has 0 aromatic carbocycles. The van der Waals surface area contributed by atoms with Crippen LogP contribution in [0.2, 0.25) is 0 Å². The Morgan fingerprint density at radius 2 is 2.18 bits per heavy atom. The van der Waals surface area contributed by atoms with Crippen LogP contribution in [0.3, 0.4) is 0 Å². The summed E-state index contributed by atoms with van der Waals surface area (Å²) in [5.74, 6) is 0.397. The number of aromatic nitrogens is 1. The first-order valence-corrected chi connectivity index (χ1v) is 8.92. The van der Waals surface area contributed by atoms with Gasteiger partial charge in [-0.3, -0.25) is 0 Å². The summed E-state index contributed by atoms with van der Waals surface area (Å²) in [6.45, 7) is 6.41. The molecule has 2 aromatic rings.